The van der Waals surface area contributed by atoms with Crippen molar-refractivity contribution >= 4 is 29.9 Å². The molecule has 0 saturated heterocycles. The molecular weight excluding hydrogens is 431 g/mol. The first-order valence-electron chi connectivity index (χ1n) is 7.76. The summed E-state index contributed by atoms with van der Waals surface area (Å²) in [5.41, 5.74) is 0.578. The van der Waals surface area contributed by atoms with E-state index in [1.54, 1.807) is 32.2 Å². The molecule has 0 fully saturated rings. The van der Waals surface area contributed by atoms with Gasteiger partial charge in [0.2, 0.25) is 0 Å². The van der Waals surface area contributed by atoms with Crippen molar-refractivity contribution in [1.29, 1.82) is 0 Å². The molecule has 0 aromatic heterocycles. The summed E-state index contributed by atoms with van der Waals surface area (Å²) in [5, 5.41) is 6.25. The molecule has 0 aliphatic rings. The van der Waals surface area contributed by atoms with E-state index in [0.29, 0.717) is 30.4 Å². The minimum atomic E-state index is -2.91. The maximum absolute atomic E-state index is 12.7. The molecule has 5 nitrogen and oxygen atoms in total. The lowest BCUT2D eigenvalue weighted by Crippen LogP contribution is -2.37. The number of halogens is 3. The summed E-state index contributed by atoms with van der Waals surface area (Å²) in [6.07, 6.45) is 2.10. The standard InChI is InChI=1S/C16H25F2N3O2.HI/c1-4-6-10-20-16(19-3)21-11-12-8-7-9-13(22-5-2)14(12)23-15(17)18;/h7-9,15H,4-6,10-11H2,1-3H3,(H2,19,20,21);1H. The molecule has 0 spiro atoms. The van der Waals surface area contributed by atoms with Gasteiger partial charge in [0.1, 0.15) is 0 Å². The summed E-state index contributed by atoms with van der Waals surface area (Å²) in [6.45, 7) is 2.46. The first-order valence-corrected chi connectivity index (χ1v) is 7.76. The van der Waals surface area contributed by atoms with Crippen LogP contribution < -0.4 is 20.1 Å². The number of alkyl halides is 2. The number of hydrogen-bond donors (Lipinski definition) is 2. The van der Waals surface area contributed by atoms with E-state index in [0.717, 1.165) is 19.4 Å². The quantitative estimate of drug-likeness (QED) is 0.257. The summed E-state index contributed by atoms with van der Waals surface area (Å²) in [5.74, 6) is 0.977. The molecule has 2 N–H and O–H groups in total. The Bertz CT molecular complexity index is 502. The van der Waals surface area contributed by atoms with Crippen LogP contribution in [-0.2, 0) is 6.54 Å². The van der Waals surface area contributed by atoms with Crippen LogP contribution in [0.2, 0.25) is 0 Å². The second-order valence-corrected chi connectivity index (χ2v) is 4.76. The predicted molar refractivity (Wildman–Crippen MR) is 103 cm³/mol. The van der Waals surface area contributed by atoms with Gasteiger partial charge in [0.05, 0.1) is 6.61 Å². The molecule has 0 aliphatic heterocycles. The van der Waals surface area contributed by atoms with E-state index in [-0.39, 0.29) is 29.7 Å². The third kappa shape index (κ3) is 7.98. The van der Waals surface area contributed by atoms with Crippen LogP contribution in [0, 0.1) is 0 Å². The summed E-state index contributed by atoms with van der Waals surface area (Å²) in [6, 6.07) is 5.07. The van der Waals surface area contributed by atoms with E-state index in [2.05, 4.69) is 27.3 Å². The smallest absolute Gasteiger partial charge is 0.387 e. The van der Waals surface area contributed by atoms with Crippen molar-refractivity contribution in [3.8, 4) is 11.5 Å². The molecule has 1 aromatic rings. The van der Waals surface area contributed by atoms with Crippen LogP contribution in [0.25, 0.3) is 0 Å². The molecule has 24 heavy (non-hydrogen) atoms. The highest BCUT2D eigenvalue weighted by Crippen LogP contribution is 2.32. The first kappa shape index (κ1) is 22.7. The minimum absolute atomic E-state index is 0. The Labute approximate surface area is 159 Å². The molecule has 138 valence electrons. The number of guanidine groups is 1. The number of para-hydroxylation sites is 1. The number of benzene rings is 1. The number of aliphatic imine (C=N–C) groups is 1. The third-order valence-electron chi connectivity index (χ3n) is 3.06. The molecule has 0 atom stereocenters. The van der Waals surface area contributed by atoms with Gasteiger partial charge in [0, 0.05) is 25.7 Å². The van der Waals surface area contributed by atoms with Crippen LogP contribution in [0.3, 0.4) is 0 Å². The van der Waals surface area contributed by atoms with Crippen molar-refractivity contribution in [2.75, 3.05) is 20.2 Å². The minimum Gasteiger partial charge on any atom is -0.490 e. The predicted octanol–water partition coefficient (Wildman–Crippen LogP) is 3.77. The highest BCUT2D eigenvalue weighted by Gasteiger charge is 2.15. The molecule has 0 aliphatic carbocycles. The Morgan fingerprint density at radius 3 is 2.58 bits per heavy atom. The molecule has 1 aromatic carbocycles. The number of unbranched alkanes of at least 4 members (excludes halogenated alkanes) is 1. The Kier molecular flexibility index (Phi) is 12.3. The first-order chi connectivity index (χ1) is 11.1. The Morgan fingerprint density at radius 1 is 1.25 bits per heavy atom. The molecular formula is C16H26F2IN3O2. The fourth-order valence-corrected chi connectivity index (χ4v) is 1.98. The molecule has 1 rings (SSSR count). The topological polar surface area (TPSA) is 54.9 Å². The van der Waals surface area contributed by atoms with Gasteiger partial charge >= 0.3 is 6.61 Å². The maximum atomic E-state index is 12.7. The molecule has 0 radical (unpaired) electrons. The number of ether oxygens (including phenoxy) is 2. The molecule has 8 heteroatoms. The van der Waals surface area contributed by atoms with Gasteiger partial charge in [-0.3, -0.25) is 4.99 Å². The van der Waals surface area contributed by atoms with Crippen molar-refractivity contribution in [2.45, 2.75) is 39.8 Å². The molecule has 0 heterocycles. The van der Waals surface area contributed by atoms with E-state index >= 15 is 0 Å². The van der Waals surface area contributed by atoms with Crippen LogP contribution >= 0.6 is 24.0 Å². The normalized spacial score (nSPS) is 11.0. The Hall–Kier alpha value is -1.32. The monoisotopic (exact) mass is 457 g/mol. The van der Waals surface area contributed by atoms with E-state index in [1.807, 2.05) is 0 Å². The average molecular weight is 457 g/mol. The second-order valence-electron chi connectivity index (χ2n) is 4.76. The van der Waals surface area contributed by atoms with Crippen molar-refractivity contribution in [1.82, 2.24) is 10.6 Å². The van der Waals surface area contributed by atoms with E-state index in [4.69, 9.17) is 4.74 Å². The Balaban J connectivity index is 0.00000529. The number of hydrogen-bond acceptors (Lipinski definition) is 3. The molecule has 0 amide bonds. The van der Waals surface area contributed by atoms with Gasteiger partial charge in [-0.2, -0.15) is 8.78 Å². The number of rotatable bonds is 9. The van der Waals surface area contributed by atoms with Gasteiger partial charge in [0.25, 0.3) is 0 Å². The SMILES string of the molecule is CCCCNC(=NC)NCc1cccc(OCC)c1OC(F)F.I. The fourth-order valence-electron chi connectivity index (χ4n) is 1.98. The van der Waals surface area contributed by atoms with Gasteiger partial charge < -0.3 is 20.1 Å². The van der Waals surface area contributed by atoms with Crippen molar-refractivity contribution < 1.29 is 18.3 Å². The van der Waals surface area contributed by atoms with Gasteiger partial charge in [-0.25, -0.2) is 0 Å². The zero-order chi connectivity index (χ0) is 17.1. The molecule has 0 saturated carbocycles. The number of nitrogens with one attached hydrogen (secondary N) is 2. The zero-order valence-corrected chi connectivity index (χ0v) is 16.6. The second kappa shape index (κ2) is 13.0. The van der Waals surface area contributed by atoms with Crippen LogP contribution in [0.15, 0.2) is 23.2 Å². The van der Waals surface area contributed by atoms with Crippen LogP contribution in [0.4, 0.5) is 8.78 Å². The summed E-state index contributed by atoms with van der Waals surface area (Å²) in [4.78, 5) is 4.10. The lowest BCUT2D eigenvalue weighted by molar-refractivity contribution is -0.0520. The van der Waals surface area contributed by atoms with Crippen LogP contribution in [0.5, 0.6) is 11.5 Å². The summed E-state index contributed by atoms with van der Waals surface area (Å²) >= 11 is 0. The molecule has 0 bridgehead atoms. The summed E-state index contributed by atoms with van der Waals surface area (Å²) < 4.78 is 35.3. The van der Waals surface area contributed by atoms with E-state index in [9.17, 15) is 8.78 Å². The van der Waals surface area contributed by atoms with Gasteiger partial charge in [-0.1, -0.05) is 25.5 Å². The van der Waals surface area contributed by atoms with Crippen molar-refractivity contribution in [3.63, 3.8) is 0 Å². The van der Waals surface area contributed by atoms with Crippen LogP contribution in [-0.4, -0.2) is 32.8 Å². The van der Waals surface area contributed by atoms with Gasteiger partial charge in [-0.05, 0) is 19.4 Å². The van der Waals surface area contributed by atoms with Crippen molar-refractivity contribution in [3.05, 3.63) is 23.8 Å². The number of nitrogens with zero attached hydrogens (tertiary/aromatic N) is 1. The highest BCUT2D eigenvalue weighted by molar-refractivity contribution is 14.0. The zero-order valence-electron chi connectivity index (χ0n) is 14.3. The Morgan fingerprint density at radius 2 is 2.00 bits per heavy atom. The van der Waals surface area contributed by atoms with Crippen LogP contribution in [0.1, 0.15) is 32.3 Å². The fraction of sp³-hybridized carbons (Fsp3) is 0.562. The average Bonchev–Trinajstić information content (AvgIpc) is 2.53. The maximum Gasteiger partial charge on any atom is 0.387 e. The third-order valence-corrected chi connectivity index (χ3v) is 3.06. The lowest BCUT2D eigenvalue weighted by Gasteiger charge is -2.17. The van der Waals surface area contributed by atoms with Crippen molar-refractivity contribution in [2.24, 2.45) is 4.99 Å². The van der Waals surface area contributed by atoms with Gasteiger partial charge in [-0.15, -0.1) is 24.0 Å². The van der Waals surface area contributed by atoms with E-state index < -0.39 is 6.61 Å². The summed E-state index contributed by atoms with van der Waals surface area (Å²) in [7, 11) is 1.66. The highest BCUT2D eigenvalue weighted by atomic mass is 127. The molecule has 0 unspecified atom stereocenters. The van der Waals surface area contributed by atoms with Gasteiger partial charge in [0.15, 0.2) is 17.5 Å². The van der Waals surface area contributed by atoms with E-state index in [1.165, 1.54) is 0 Å². The lowest BCUT2D eigenvalue weighted by atomic mass is 10.2. The largest absolute Gasteiger partial charge is 0.490 e.